The van der Waals surface area contributed by atoms with Crippen molar-refractivity contribution in [2.45, 2.75) is 0 Å². The number of benzene rings is 1. The number of hydrogen-bond acceptors (Lipinski definition) is 3. The van der Waals surface area contributed by atoms with Crippen LogP contribution in [0.2, 0.25) is 10.0 Å². The highest BCUT2D eigenvalue weighted by Gasteiger charge is 2.23. The van der Waals surface area contributed by atoms with Crippen molar-refractivity contribution < 1.29 is 4.79 Å². The molecule has 7 heteroatoms. The predicted octanol–water partition coefficient (Wildman–Crippen LogP) is 2.04. The van der Waals surface area contributed by atoms with E-state index in [0.717, 1.165) is 13.1 Å². The maximum Gasteiger partial charge on any atom is 0.255 e. The fraction of sp³-hybridized carbons (Fsp3) is 0.385. The SMILES string of the molecule is NC(=S)CN1CCN(C(=O)c2cc(Cl)ccc2Cl)CC1. The Morgan fingerprint density at radius 2 is 1.90 bits per heavy atom. The predicted molar refractivity (Wildman–Crippen MR) is 85.6 cm³/mol. The van der Waals surface area contributed by atoms with Crippen LogP contribution in [0, 0.1) is 0 Å². The van der Waals surface area contributed by atoms with Gasteiger partial charge in [0.05, 0.1) is 15.6 Å². The first-order valence-corrected chi connectivity index (χ1v) is 7.39. The average molecular weight is 332 g/mol. The van der Waals surface area contributed by atoms with Gasteiger partial charge in [0.25, 0.3) is 5.91 Å². The maximum atomic E-state index is 12.4. The molecule has 1 aliphatic heterocycles. The molecule has 1 aromatic rings. The van der Waals surface area contributed by atoms with Crippen molar-refractivity contribution in [3.05, 3.63) is 33.8 Å². The van der Waals surface area contributed by atoms with Crippen molar-refractivity contribution in [3.8, 4) is 0 Å². The number of thiocarbonyl (C=S) groups is 1. The van der Waals surface area contributed by atoms with Crippen molar-refractivity contribution in [1.29, 1.82) is 0 Å². The van der Waals surface area contributed by atoms with Crippen LogP contribution in [-0.2, 0) is 0 Å². The van der Waals surface area contributed by atoms with Gasteiger partial charge < -0.3 is 10.6 Å². The Labute approximate surface area is 133 Å². The number of piperazine rings is 1. The van der Waals surface area contributed by atoms with Crippen LogP contribution in [0.4, 0.5) is 0 Å². The average Bonchev–Trinajstić information content (AvgIpc) is 2.41. The zero-order valence-electron chi connectivity index (χ0n) is 10.8. The van der Waals surface area contributed by atoms with Crippen LogP contribution in [0.5, 0.6) is 0 Å². The second-order valence-corrected chi connectivity index (χ2v) is 6.03. The summed E-state index contributed by atoms with van der Waals surface area (Å²) in [5.41, 5.74) is 5.97. The van der Waals surface area contributed by atoms with Crippen molar-refractivity contribution >= 4 is 46.3 Å². The highest BCUT2D eigenvalue weighted by atomic mass is 35.5. The Hall–Kier alpha value is -0.880. The van der Waals surface area contributed by atoms with E-state index in [9.17, 15) is 4.79 Å². The molecule has 20 heavy (non-hydrogen) atoms. The molecule has 0 spiro atoms. The summed E-state index contributed by atoms with van der Waals surface area (Å²) in [4.78, 5) is 16.8. The summed E-state index contributed by atoms with van der Waals surface area (Å²) in [5.74, 6) is -0.0903. The normalized spacial score (nSPS) is 16.2. The zero-order valence-corrected chi connectivity index (χ0v) is 13.1. The smallest absolute Gasteiger partial charge is 0.255 e. The van der Waals surface area contributed by atoms with Gasteiger partial charge in [-0.1, -0.05) is 35.4 Å². The third kappa shape index (κ3) is 3.82. The number of carbonyl (C=O) groups excluding carboxylic acids is 1. The van der Waals surface area contributed by atoms with Crippen molar-refractivity contribution in [2.24, 2.45) is 5.73 Å². The lowest BCUT2D eigenvalue weighted by molar-refractivity contribution is 0.0654. The molecule has 0 radical (unpaired) electrons. The van der Waals surface area contributed by atoms with Crippen LogP contribution in [0.15, 0.2) is 18.2 Å². The third-order valence-corrected chi connectivity index (χ3v) is 3.89. The molecule has 4 nitrogen and oxygen atoms in total. The molecule has 0 aromatic heterocycles. The van der Waals surface area contributed by atoms with Gasteiger partial charge in [-0.2, -0.15) is 0 Å². The quantitative estimate of drug-likeness (QED) is 0.861. The van der Waals surface area contributed by atoms with E-state index in [-0.39, 0.29) is 5.91 Å². The van der Waals surface area contributed by atoms with Gasteiger partial charge >= 0.3 is 0 Å². The molecule has 0 unspecified atom stereocenters. The molecule has 0 bridgehead atoms. The van der Waals surface area contributed by atoms with Gasteiger partial charge in [0.15, 0.2) is 0 Å². The minimum absolute atomic E-state index is 0.0903. The molecular formula is C13H15Cl2N3OS. The second-order valence-electron chi connectivity index (χ2n) is 4.66. The van der Waals surface area contributed by atoms with Gasteiger partial charge in [-0.05, 0) is 18.2 Å². The lowest BCUT2D eigenvalue weighted by Gasteiger charge is -2.34. The fourth-order valence-electron chi connectivity index (χ4n) is 2.16. The first-order chi connectivity index (χ1) is 9.47. The van der Waals surface area contributed by atoms with Crippen LogP contribution < -0.4 is 5.73 Å². The number of hydrogen-bond donors (Lipinski definition) is 1. The summed E-state index contributed by atoms with van der Waals surface area (Å²) in [7, 11) is 0. The van der Waals surface area contributed by atoms with Crippen molar-refractivity contribution in [3.63, 3.8) is 0 Å². The molecule has 1 fully saturated rings. The fourth-order valence-corrected chi connectivity index (χ4v) is 2.71. The standard InChI is InChI=1S/C13H15Cl2N3OS/c14-9-1-2-11(15)10(7-9)13(19)18-5-3-17(4-6-18)8-12(16)20/h1-2,7H,3-6,8H2,(H2,16,20). The molecule has 0 aliphatic carbocycles. The van der Waals surface area contributed by atoms with E-state index in [4.69, 9.17) is 41.2 Å². The lowest BCUT2D eigenvalue weighted by Crippen LogP contribution is -2.50. The summed E-state index contributed by atoms with van der Waals surface area (Å²) in [6.07, 6.45) is 0. The van der Waals surface area contributed by atoms with Crippen molar-refractivity contribution in [1.82, 2.24) is 9.80 Å². The highest BCUT2D eigenvalue weighted by Crippen LogP contribution is 2.22. The van der Waals surface area contributed by atoms with E-state index in [0.29, 0.717) is 40.2 Å². The molecule has 0 saturated carbocycles. The summed E-state index contributed by atoms with van der Waals surface area (Å²) >= 11 is 16.9. The van der Waals surface area contributed by atoms with Gasteiger partial charge in [-0.3, -0.25) is 9.69 Å². The van der Waals surface area contributed by atoms with Crippen LogP contribution in [0.3, 0.4) is 0 Å². The number of nitrogens with two attached hydrogens (primary N) is 1. The largest absolute Gasteiger partial charge is 0.392 e. The Balaban J connectivity index is 2.01. The minimum atomic E-state index is -0.0903. The third-order valence-electron chi connectivity index (χ3n) is 3.20. The molecular weight excluding hydrogens is 317 g/mol. The van der Waals surface area contributed by atoms with Gasteiger partial charge in [0, 0.05) is 37.7 Å². The van der Waals surface area contributed by atoms with E-state index in [2.05, 4.69) is 4.90 Å². The lowest BCUT2D eigenvalue weighted by atomic mass is 10.1. The zero-order chi connectivity index (χ0) is 14.7. The molecule has 1 amide bonds. The minimum Gasteiger partial charge on any atom is -0.392 e. The molecule has 2 rings (SSSR count). The number of amides is 1. The number of carbonyl (C=O) groups is 1. The number of rotatable bonds is 3. The molecule has 1 heterocycles. The Kier molecular flexibility index (Phi) is 5.21. The monoisotopic (exact) mass is 331 g/mol. The van der Waals surface area contributed by atoms with Crippen LogP contribution >= 0.6 is 35.4 Å². The summed E-state index contributed by atoms with van der Waals surface area (Å²) < 4.78 is 0. The molecule has 0 atom stereocenters. The van der Waals surface area contributed by atoms with Gasteiger partial charge in [-0.25, -0.2) is 0 Å². The van der Waals surface area contributed by atoms with Crippen LogP contribution in [0.25, 0.3) is 0 Å². The summed E-state index contributed by atoms with van der Waals surface area (Å²) in [5, 5.41) is 0.926. The van der Waals surface area contributed by atoms with Gasteiger partial charge in [0.1, 0.15) is 0 Å². The van der Waals surface area contributed by atoms with E-state index in [1.807, 2.05) is 0 Å². The molecule has 1 aliphatic rings. The molecule has 1 aromatic carbocycles. The van der Waals surface area contributed by atoms with E-state index in [1.165, 1.54) is 0 Å². The first-order valence-electron chi connectivity index (χ1n) is 6.22. The van der Waals surface area contributed by atoms with E-state index in [1.54, 1.807) is 23.1 Å². The molecule has 108 valence electrons. The Bertz CT molecular complexity index is 530. The number of nitrogens with zero attached hydrogens (tertiary/aromatic N) is 2. The van der Waals surface area contributed by atoms with Crippen LogP contribution in [0.1, 0.15) is 10.4 Å². The summed E-state index contributed by atoms with van der Waals surface area (Å²) in [6, 6.07) is 4.91. The Morgan fingerprint density at radius 3 is 2.50 bits per heavy atom. The molecule has 1 saturated heterocycles. The van der Waals surface area contributed by atoms with E-state index >= 15 is 0 Å². The number of halogens is 2. The highest BCUT2D eigenvalue weighted by molar-refractivity contribution is 7.80. The van der Waals surface area contributed by atoms with Crippen molar-refractivity contribution in [2.75, 3.05) is 32.7 Å². The van der Waals surface area contributed by atoms with Gasteiger partial charge in [0.2, 0.25) is 0 Å². The van der Waals surface area contributed by atoms with Crippen LogP contribution in [-0.4, -0.2) is 53.4 Å². The first kappa shape index (κ1) is 15.5. The molecule has 2 N–H and O–H groups in total. The summed E-state index contributed by atoms with van der Waals surface area (Å²) in [6.45, 7) is 3.35. The second kappa shape index (κ2) is 6.72. The van der Waals surface area contributed by atoms with Gasteiger partial charge in [-0.15, -0.1) is 0 Å². The van der Waals surface area contributed by atoms with E-state index < -0.39 is 0 Å². The topological polar surface area (TPSA) is 49.6 Å². The maximum absolute atomic E-state index is 12.4. The Morgan fingerprint density at radius 1 is 1.25 bits per heavy atom.